The molecule has 1 saturated heterocycles. The molecule has 134 valence electrons. The summed E-state index contributed by atoms with van der Waals surface area (Å²) >= 11 is 1.08. The number of ether oxygens (including phenoxy) is 1. The predicted octanol–water partition coefficient (Wildman–Crippen LogP) is 1.96. The Hall–Kier alpha value is -1.74. The summed E-state index contributed by atoms with van der Waals surface area (Å²) in [5.41, 5.74) is 7.78. The van der Waals surface area contributed by atoms with Crippen molar-refractivity contribution in [3.8, 4) is 0 Å². The second-order valence-corrected chi connectivity index (χ2v) is 8.83. The Bertz CT molecular complexity index is 877. The van der Waals surface area contributed by atoms with Crippen molar-refractivity contribution < 1.29 is 17.9 Å². The minimum Gasteiger partial charge on any atom is -0.465 e. The van der Waals surface area contributed by atoms with Gasteiger partial charge in [-0.3, -0.25) is 0 Å². The van der Waals surface area contributed by atoms with Crippen molar-refractivity contribution in [3.05, 3.63) is 51.7 Å². The number of nitrogens with two attached hydrogens (primary N) is 1. The summed E-state index contributed by atoms with van der Waals surface area (Å²) in [6.45, 7) is 2.20. The third-order valence-corrected chi connectivity index (χ3v) is 7.67. The number of hydrogen-bond acceptors (Lipinski definition) is 6. The van der Waals surface area contributed by atoms with Crippen LogP contribution in [0.3, 0.4) is 0 Å². The van der Waals surface area contributed by atoms with Gasteiger partial charge in [0, 0.05) is 25.0 Å². The van der Waals surface area contributed by atoms with Crippen molar-refractivity contribution in [1.82, 2.24) is 4.31 Å². The second-order valence-electron chi connectivity index (χ2n) is 6.07. The van der Waals surface area contributed by atoms with Crippen LogP contribution in [0.2, 0.25) is 0 Å². The molecule has 0 spiro atoms. The zero-order chi connectivity index (χ0) is 18.2. The van der Waals surface area contributed by atoms with Crippen LogP contribution >= 0.6 is 11.3 Å². The van der Waals surface area contributed by atoms with Gasteiger partial charge in [-0.2, -0.15) is 4.31 Å². The number of nitrogens with zero attached hydrogens (tertiary/aromatic N) is 1. The lowest BCUT2D eigenvalue weighted by Gasteiger charge is -2.17. The second kappa shape index (κ2) is 6.87. The van der Waals surface area contributed by atoms with Gasteiger partial charge in [-0.1, -0.05) is 30.3 Å². The van der Waals surface area contributed by atoms with Gasteiger partial charge in [-0.05, 0) is 23.4 Å². The molecule has 6 nitrogen and oxygen atoms in total. The van der Waals surface area contributed by atoms with Crippen LogP contribution in [0.15, 0.2) is 40.6 Å². The van der Waals surface area contributed by atoms with Crippen LogP contribution < -0.4 is 5.73 Å². The van der Waals surface area contributed by atoms with E-state index in [1.807, 2.05) is 30.3 Å². The number of carbonyl (C=O) groups excluding carboxylic acids is 1. The molecule has 1 aliphatic rings. The van der Waals surface area contributed by atoms with Gasteiger partial charge in [0.05, 0.1) is 7.11 Å². The maximum Gasteiger partial charge on any atom is 0.349 e. The Balaban J connectivity index is 1.95. The highest BCUT2D eigenvalue weighted by Gasteiger charge is 2.41. The summed E-state index contributed by atoms with van der Waals surface area (Å²) < 4.78 is 32.4. The first-order valence-electron chi connectivity index (χ1n) is 7.83. The van der Waals surface area contributed by atoms with E-state index in [1.54, 1.807) is 12.3 Å². The van der Waals surface area contributed by atoms with Crippen molar-refractivity contribution >= 4 is 27.3 Å². The average Bonchev–Trinajstić information content (AvgIpc) is 3.18. The molecular formula is C17H20N2O4S2. The van der Waals surface area contributed by atoms with E-state index in [0.29, 0.717) is 12.1 Å². The number of thiophene rings is 1. The molecule has 2 heterocycles. The Kier molecular flexibility index (Phi) is 4.97. The number of methoxy groups -OCH3 is 1. The van der Waals surface area contributed by atoms with Crippen LogP contribution in [-0.2, 0) is 14.8 Å². The third-order valence-electron chi connectivity index (χ3n) is 4.45. The maximum atomic E-state index is 13.1. The topological polar surface area (TPSA) is 89.7 Å². The highest BCUT2D eigenvalue weighted by molar-refractivity contribution is 7.89. The van der Waals surface area contributed by atoms with Gasteiger partial charge in [0.25, 0.3) is 0 Å². The van der Waals surface area contributed by atoms with Gasteiger partial charge in [-0.25, -0.2) is 13.2 Å². The molecule has 0 radical (unpaired) electrons. The van der Waals surface area contributed by atoms with E-state index in [2.05, 4.69) is 0 Å². The zero-order valence-electron chi connectivity index (χ0n) is 14.0. The van der Waals surface area contributed by atoms with Gasteiger partial charge >= 0.3 is 5.97 Å². The fourth-order valence-corrected chi connectivity index (χ4v) is 6.32. The van der Waals surface area contributed by atoms with Crippen LogP contribution in [0.25, 0.3) is 0 Å². The van der Waals surface area contributed by atoms with Crippen LogP contribution in [0.1, 0.15) is 26.7 Å². The van der Waals surface area contributed by atoms with Crippen molar-refractivity contribution in [1.29, 1.82) is 0 Å². The molecule has 1 aromatic heterocycles. The monoisotopic (exact) mass is 380 g/mol. The van der Waals surface area contributed by atoms with Crippen molar-refractivity contribution in [3.63, 3.8) is 0 Å². The van der Waals surface area contributed by atoms with Crippen LogP contribution in [0, 0.1) is 6.92 Å². The first-order chi connectivity index (χ1) is 11.9. The molecule has 0 saturated carbocycles. The maximum absolute atomic E-state index is 13.1. The lowest BCUT2D eigenvalue weighted by Crippen LogP contribution is -2.33. The fourth-order valence-electron chi connectivity index (χ4n) is 3.16. The minimum atomic E-state index is -3.82. The molecule has 2 atom stereocenters. The number of sulfonamides is 1. The summed E-state index contributed by atoms with van der Waals surface area (Å²) in [5.74, 6) is -0.712. The summed E-state index contributed by atoms with van der Waals surface area (Å²) in [4.78, 5) is 12.1. The molecule has 1 aromatic carbocycles. The van der Waals surface area contributed by atoms with Gasteiger partial charge in [0.15, 0.2) is 0 Å². The Morgan fingerprint density at radius 2 is 1.96 bits per heavy atom. The van der Waals surface area contributed by atoms with Crippen molar-refractivity contribution in [2.24, 2.45) is 5.73 Å². The number of carbonyl (C=O) groups is 1. The Labute approximate surface area is 151 Å². The standard InChI is InChI=1S/C17H20N2O4S2/c1-11-10-24-15(17(20)23-2)16(11)25(21,22)19-8-13(14(18)9-19)12-6-4-3-5-7-12/h3-7,10,13-14H,8-9,18H2,1-2H3/t13-,14+/m0/s1. The van der Waals surface area contributed by atoms with E-state index in [-0.39, 0.29) is 28.3 Å². The third kappa shape index (κ3) is 3.22. The zero-order valence-corrected chi connectivity index (χ0v) is 15.6. The number of benzene rings is 1. The quantitative estimate of drug-likeness (QED) is 0.819. The van der Waals surface area contributed by atoms with E-state index in [4.69, 9.17) is 10.5 Å². The Morgan fingerprint density at radius 3 is 2.60 bits per heavy atom. The highest BCUT2D eigenvalue weighted by Crippen LogP contribution is 2.35. The number of esters is 1. The normalized spacial score (nSPS) is 21.4. The average molecular weight is 380 g/mol. The number of rotatable bonds is 4. The van der Waals surface area contributed by atoms with Gasteiger partial charge in [0.2, 0.25) is 10.0 Å². The molecule has 0 bridgehead atoms. The highest BCUT2D eigenvalue weighted by atomic mass is 32.2. The largest absolute Gasteiger partial charge is 0.465 e. The molecule has 1 fully saturated rings. The smallest absolute Gasteiger partial charge is 0.349 e. The predicted molar refractivity (Wildman–Crippen MR) is 96.3 cm³/mol. The first kappa shape index (κ1) is 18.1. The lowest BCUT2D eigenvalue weighted by molar-refractivity contribution is 0.0602. The van der Waals surface area contributed by atoms with E-state index >= 15 is 0 Å². The van der Waals surface area contributed by atoms with Gasteiger partial charge in [0.1, 0.15) is 9.77 Å². The number of aryl methyl sites for hydroxylation is 1. The van der Waals surface area contributed by atoms with Crippen molar-refractivity contribution in [2.75, 3.05) is 20.2 Å². The fraction of sp³-hybridized carbons (Fsp3) is 0.353. The van der Waals surface area contributed by atoms with E-state index in [9.17, 15) is 13.2 Å². The van der Waals surface area contributed by atoms with Crippen LogP contribution in [0.5, 0.6) is 0 Å². The van der Waals surface area contributed by atoms with Crippen LogP contribution in [-0.4, -0.2) is 44.9 Å². The molecule has 2 N–H and O–H groups in total. The summed E-state index contributed by atoms with van der Waals surface area (Å²) in [7, 11) is -2.58. The van der Waals surface area contributed by atoms with E-state index < -0.39 is 16.0 Å². The molecule has 1 aliphatic heterocycles. The van der Waals surface area contributed by atoms with Gasteiger partial charge in [-0.15, -0.1) is 11.3 Å². The molecule has 0 aliphatic carbocycles. The van der Waals surface area contributed by atoms with Crippen LogP contribution in [0.4, 0.5) is 0 Å². The van der Waals surface area contributed by atoms with Crippen molar-refractivity contribution in [2.45, 2.75) is 23.8 Å². The molecule has 25 heavy (non-hydrogen) atoms. The molecule has 0 amide bonds. The molecule has 8 heteroatoms. The lowest BCUT2D eigenvalue weighted by atomic mass is 9.95. The summed E-state index contributed by atoms with van der Waals surface area (Å²) in [6.07, 6.45) is 0. The molecule has 2 aromatic rings. The molecule has 0 unspecified atom stereocenters. The SMILES string of the molecule is COC(=O)c1scc(C)c1S(=O)(=O)N1C[C@@H](N)[C@H](c2ccccc2)C1. The summed E-state index contributed by atoms with van der Waals surface area (Å²) in [6, 6.07) is 9.36. The number of hydrogen-bond donors (Lipinski definition) is 1. The van der Waals surface area contributed by atoms with Gasteiger partial charge < -0.3 is 10.5 Å². The van der Waals surface area contributed by atoms with E-state index in [1.165, 1.54) is 11.4 Å². The summed E-state index contributed by atoms with van der Waals surface area (Å²) in [5, 5.41) is 1.66. The van der Waals surface area contributed by atoms with E-state index in [0.717, 1.165) is 16.9 Å². The first-order valence-corrected chi connectivity index (χ1v) is 10.1. The Morgan fingerprint density at radius 1 is 1.28 bits per heavy atom. The minimum absolute atomic E-state index is 0.0326. The molecule has 3 rings (SSSR count). The molecular weight excluding hydrogens is 360 g/mol.